The van der Waals surface area contributed by atoms with Crippen LogP contribution in [0.15, 0.2) is 41.4 Å². The van der Waals surface area contributed by atoms with Crippen LogP contribution >= 0.6 is 11.8 Å². The molecule has 29 heavy (non-hydrogen) atoms. The highest BCUT2D eigenvalue weighted by Crippen LogP contribution is 2.31. The molecule has 0 spiro atoms. The van der Waals surface area contributed by atoms with Crippen molar-refractivity contribution in [3.05, 3.63) is 53.1 Å². The Morgan fingerprint density at radius 1 is 1.10 bits per heavy atom. The van der Waals surface area contributed by atoms with E-state index in [4.69, 9.17) is 14.5 Å². The number of pyridine rings is 1. The van der Waals surface area contributed by atoms with Crippen molar-refractivity contribution >= 4 is 34.3 Å². The van der Waals surface area contributed by atoms with Gasteiger partial charge in [-0.1, -0.05) is 30.8 Å². The molecule has 1 amide bonds. The van der Waals surface area contributed by atoms with Gasteiger partial charge in [-0.2, -0.15) is 0 Å². The van der Waals surface area contributed by atoms with Crippen LogP contribution in [0.25, 0.3) is 10.9 Å². The number of hydrogen-bond acceptors (Lipinski definition) is 5. The quantitative estimate of drug-likeness (QED) is 0.545. The lowest BCUT2D eigenvalue weighted by Crippen LogP contribution is -2.15. The number of anilines is 1. The number of thioether (sulfide) groups is 1. The normalized spacial score (nSPS) is 10.8. The standard InChI is InChI=1S/C23H26N2O3S/c1-6-16-11-17-8-7-14(2)15(3)22(17)25-23(16)29-13-21(26)24-19-10-9-18(27-4)12-20(19)28-5/h7-12H,6,13H2,1-5H3,(H,24,26). The number of aromatic nitrogens is 1. The molecule has 0 fully saturated rings. The lowest BCUT2D eigenvalue weighted by atomic mass is 10.0. The molecule has 1 heterocycles. The molecular weight excluding hydrogens is 384 g/mol. The Kier molecular flexibility index (Phi) is 6.64. The molecule has 0 saturated carbocycles. The molecule has 0 saturated heterocycles. The zero-order valence-electron chi connectivity index (χ0n) is 17.5. The minimum atomic E-state index is -0.108. The number of rotatable bonds is 7. The summed E-state index contributed by atoms with van der Waals surface area (Å²) in [6, 6.07) is 11.7. The third-order valence-electron chi connectivity index (χ3n) is 4.95. The zero-order chi connectivity index (χ0) is 21.0. The SMILES string of the molecule is CCc1cc2ccc(C)c(C)c2nc1SCC(=O)Nc1ccc(OC)cc1OC. The molecule has 6 heteroatoms. The van der Waals surface area contributed by atoms with Crippen molar-refractivity contribution in [3.8, 4) is 11.5 Å². The number of methoxy groups -OCH3 is 2. The first-order valence-corrected chi connectivity index (χ1v) is 10.5. The molecule has 5 nitrogen and oxygen atoms in total. The van der Waals surface area contributed by atoms with E-state index in [-0.39, 0.29) is 11.7 Å². The summed E-state index contributed by atoms with van der Waals surface area (Å²) in [5, 5.41) is 4.96. The first-order valence-electron chi connectivity index (χ1n) is 9.51. The number of nitrogens with one attached hydrogen (secondary N) is 1. The Balaban J connectivity index is 1.78. The Hall–Kier alpha value is -2.73. The van der Waals surface area contributed by atoms with E-state index in [1.165, 1.54) is 22.9 Å². The fraction of sp³-hybridized carbons (Fsp3) is 0.304. The maximum Gasteiger partial charge on any atom is 0.234 e. The van der Waals surface area contributed by atoms with Crippen LogP contribution in [0.5, 0.6) is 11.5 Å². The van der Waals surface area contributed by atoms with Gasteiger partial charge >= 0.3 is 0 Å². The fourth-order valence-corrected chi connectivity index (χ4v) is 3.99. The number of nitrogens with zero attached hydrogens (tertiary/aromatic N) is 1. The number of carbonyl (C=O) groups excluding carboxylic acids is 1. The average molecular weight is 411 g/mol. The van der Waals surface area contributed by atoms with E-state index < -0.39 is 0 Å². The Bertz CT molecular complexity index is 1050. The Morgan fingerprint density at radius 2 is 1.90 bits per heavy atom. The molecule has 0 radical (unpaired) electrons. The molecule has 3 rings (SSSR count). The highest BCUT2D eigenvalue weighted by atomic mass is 32.2. The van der Waals surface area contributed by atoms with Gasteiger partial charge in [-0.15, -0.1) is 0 Å². The first-order chi connectivity index (χ1) is 14.0. The third-order valence-corrected chi connectivity index (χ3v) is 5.99. The summed E-state index contributed by atoms with van der Waals surface area (Å²) in [5.74, 6) is 1.40. The first kappa shape index (κ1) is 21.0. The molecule has 1 N–H and O–H groups in total. The number of amides is 1. The van der Waals surface area contributed by atoms with Crippen LogP contribution in [-0.2, 0) is 11.2 Å². The number of ether oxygens (including phenoxy) is 2. The van der Waals surface area contributed by atoms with Gasteiger partial charge in [0.05, 0.1) is 31.2 Å². The number of hydrogen-bond donors (Lipinski definition) is 1. The van der Waals surface area contributed by atoms with E-state index in [0.29, 0.717) is 17.2 Å². The highest BCUT2D eigenvalue weighted by molar-refractivity contribution is 8.00. The van der Waals surface area contributed by atoms with Crippen LogP contribution in [0.1, 0.15) is 23.6 Å². The van der Waals surface area contributed by atoms with E-state index in [0.717, 1.165) is 27.9 Å². The lowest BCUT2D eigenvalue weighted by molar-refractivity contribution is -0.113. The molecule has 0 aliphatic carbocycles. The van der Waals surface area contributed by atoms with E-state index in [1.807, 2.05) is 0 Å². The largest absolute Gasteiger partial charge is 0.497 e. The van der Waals surface area contributed by atoms with Crippen LogP contribution in [0.3, 0.4) is 0 Å². The van der Waals surface area contributed by atoms with Crippen molar-refractivity contribution in [2.24, 2.45) is 0 Å². The highest BCUT2D eigenvalue weighted by Gasteiger charge is 2.13. The topological polar surface area (TPSA) is 60.5 Å². The van der Waals surface area contributed by atoms with E-state index in [2.05, 4.69) is 44.3 Å². The van der Waals surface area contributed by atoms with Crippen LogP contribution in [0.4, 0.5) is 5.69 Å². The number of aryl methyl sites for hydroxylation is 3. The fourth-order valence-electron chi connectivity index (χ4n) is 3.11. The number of benzene rings is 2. The zero-order valence-corrected chi connectivity index (χ0v) is 18.3. The van der Waals surface area contributed by atoms with Crippen molar-refractivity contribution < 1.29 is 14.3 Å². The Morgan fingerprint density at radius 3 is 2.59 bits per heavy atom. The van der Waals surface area contributed by atoms with E-state index >= 15 is 0 Å². The van der Waals surface area contributed by atoms with Gasteiger partial charge in [0.2, 0.25) is 5.91 Å². The summed E-state index contributed by atoms with van der Waals surface area (Å²) in [6.45, 7) is 6.29. The van der Waals surface area contributed by atoms with Gasteiger partial charge in [0.25, 0.3) is 0 Å². The lowest BCUT2D eigenvalue weighted by Gasteiger charge is -2.13. The van der Waals surface area contributed by atoms with Crippen molar-refractivity contribution in [1.29, 1.82) is 0 Å². The second-order valence-electron chi connectivity index (χ2n) is 6.79. The average Bonchev–Trinajstić information content (AvgIpc) is 2.74. The van der Waals surface area contributed by atoms with Crippen LogP contribution < -0.4 is 14.8 Å². The molecule has 152 valence electrons. The minimum Gasteiger partial charge on any atom is -0.497 e. The number of fused-ring (bicyclic) bond motifs is 1. The van der Waals surface area contributed by atoms with Crippen LogP contribution in [0, 0.1) is 13.8 Å². The number of carbonyl (C=O) groups is 1. The predicted molar refractivity (Wildman–Crippen MR) is 119 cm³/mol. The molecule has 2 aromatic carbocycles. The maximum atomic E-state index is 12.5. The van der Waals surface area contributed by atoms with E-state index in [1.54, 1.807) is 32.4 Å². The van der Waals surface area contributed by atoms with Crippen molar-refractivity contribution in [1.82, 2.24) is 4.98 Å². The van der Waals surface area contributed by atoms with E-state index in [9.17, 15) is 4.79 Å². The van der Waals surface area contributed by atoms with Crippen LogP contribution in [0.2, 0.25) is 0 Å². The molecule has 0 bridgehead atoms. The van der Waals surface area contributed by atoms with Gasteiger partial charge in [-0.3, -0.25) is 4.79 Å². The summed E-state index contributed by atoms with van der Waals surface area (Å²) in [5.41, 5.74) is 5.17. The molecule has 0 atom stereocenters. The third kappa shape index (κ3) is 4.65. The maximum absolute atomic E-state index is 12.5. The molecule has 0 aliphatic heterocycles. The molecule has 3 aromatic rings. The summed E-state index contributed by atoms with van der Waals surface area (Å²) < 4.78 is 10.5. The van der Waals surface area contributed by atoms with Crippen molar-refractivity contribution in [3.63, 3.8) is 0 Å². The smallest absolute Gasteiger partial charge is 0.234 e. The van der Waals surface area contributed by atoms with Gasteiger partial charge in [0.15, 0.2) is 0 Å². The monoisotopic (exact) mass is 410 g/mol. The van der Waals surface area contributed by atoms with Crippen LogP contribution in [-0.4, -0.2) is 30.9 Å². The van der Waals surface area contributed by atoms with Gasteiger partial charge in [0.1, 0.15) is 16.5 Å². The molecular formula is C23H26N2O3S. The van der Waals surface area contributed by atoms with Gasteiger partial charge in [-0.25, -0.2) is 4.98 Å². The molecule has 0 aliphatic rings. The predicted octanol–water partition coefficient (Wildman–Crippen LogP) is 5.16. The summed E-state index contributed by atoms with van der Waals surface area (Å²) in [7, 11) is 3.16. The summed E-state index contributed by atoms with van der Waals surface area (Å²) in [4.78, 5) is 17.4. The van der Waals surface area contributed by atoms with Crippen molar-refractivity contribution in [2.45, 2.75) is 32.2 Å². The summed E-state index contributed by atoms with van der Waals surface area (Å²) in [6.07, 6.45) is 0.867. The van der Waals surface area contributed by atoms with Crippen molar-refractivity contribution in [2.75, 3.05) is 25.3 Å². The summed E-state index contributed by atoms with van der Waals surface area (Å²) >= 11 is 1.46. The molecule has 1 aromatic heterocycles. The second kappa shape index (κ2) is 9.18. The van der Waals surface area contributed by atoms with Gasteiger partial charge in [0, 0.05) is 11.5 Å². The Labute approximate surface area is 175 Å². The second-order valence-corrected chi connectivity index (χ2v) is 7.75. The molecule has 0 unspecified atom stereocenters. The van der Waals surface area contributed by atoms with Gasteiger partial charge in [-0.05, 0) is 55.2 Å². The minimum absolute atomic E-state index is 0.108. The van der Waals surface area contributed by atoms with Gasteiger partial charge < -0.3 is 14.8 Å².